The molecule has 1 rings (SSSR count). The molecule has 0 aliphatic heterocycles. The Labute approximate surface area is 117 Å². The molecule has 0 aromatic heterocycles. The lowest BCUT2D eigenvalue weighted by atomic mass is 9.92. The van der Waals surface area contributed by atoms with Crippen molar-refractivity contribution in [2.45, 2.75) is 26.3 Å². The van der Waals surface area contributed by atoms with Crippen LogP contribution in [-0.4, -0.2) is 43.5 Å². The highest BCUT2D eigenvalue weighted by Gasteiger charge is 2.27. The third-order valence-corrected chi connectivity index (χ3v) is 4.17. The zero-order chi connectivity index (χ0) is 13.8. The molecule has 0 aliphatic carbocycles. The molecule has 0 unspecified atom stereocenters. The van der Waals surface area contributed by atoms with Gasteiger partial charge in [-0.15, -0.1) is 0 Å². The van der Waals surface area contributed by atoms with Crippen LogP contribution in [0.3, 0.4) is 0 Å². The molecule has 0 atom stereocenters. The van der Waals surface area contributed by atoms with Crippen LogP contribution in [0.25, 0.3) is 0 Å². The van der Waals surface area contributed by atoms with E-state index in [1.54, 1.807) is 0 Å². The highest BCUT2D eigenvalue weighted by atomic mass is 35.5. The lowest BCUT2D eigenvalue weighted by Crippen LogP contribution is -2.42. The molecule has 0 fully saturated rings. The summed E-state index contributed by atoms with van der Waals surface area (Å²) >= 11 is 6.31. The van der Waals surface area contributed by atoms with E-state index in [2.05, 4.69) is 56.8 Å². The second-order valence-electron chi connectivity index (χ2n) is 5.36. The SMILES string of the molecule is CCN(C)CCN(C)C(C)(C)c1ccccc1Cl. The maximum absolute atomic E-state index is 6.31. The Kier molecular flexibility index (Phi) is 5.64. The smallest absolute Gasteiger partial charge is 0.0456 e. The van der Waals surface area contributed by atoms with Crippen molar-refractivity contribution in [2.75, 3.05) is 33.7 Å². The molecule has 0 bridgehead atoms. The van der Waals surface area contributed by atoms with Crippen LogP contribution < -0.4 is 0 Å². The van der Waals surface area contributed by atoms with E-state index in [1.165, 1.54) is 5.56 Å². The summed E-state index contributed by atoms with van der Waals surface area (Å²) in [5, 5.41) is 0.846. The fourth-order valence-corrected chi connectivity index (χ4v) is 2.29. The van der Waals surface area contributed by atoms with Crippen molar-refractivity contribution in [1.29, 1.82) is 0 Å². The number of benzene rings is 1. The van der Waals surface area contributed by atoms with Gasteiger partial charge in [0.2, 0.25) is 0 Å². The normalized spacial score (nSPS) is 12.4. The maximum Gasteiger partial charge on any atom is 0.0456 e. The Balaban J connectivity index is 2.76. The lowest BCUT2D eigenvalue weighted by Gasteiger charge is -2.37. The van der Waals surface area contributed by atoms with Gasteiger partial charge in [-0.25, -0.2) is 0 Å². The average Bonchev–Trinajstić information content (AvgIpc) is 2.35. The van der Waals surface area contributed by atoms with E-state index < -0.39 is 0 Å². The van der Waals surface area contributed by atoms with Crippen molar-refractivity contribution < 1.29 is 0 Å². The average molecular weight is 269 g/mol. The van der Waals surface area contributed by atoms with Gasteiger partial charge in [-0.1, -0.05) is 36.7 Å². The summed E-state index contributed by atoms with van der Waals surface area (Å²) in [5.41, 5.74) is 1.14. The Bertz CT molecular complexity index is 377. The molecule has 0 N–H and O–H groups in total. The van der Waals surface area contributed by atoms with Crippen LogP contribution >= 0.6 is 11.6 Å². The number of halogens is 1. The first kappa shape index (κ1) is 15.5. The summed E-state index contributed by atoms with van der Waals surface area (Å²) in [6.07, 6.45) is 0. The van der Waals surface area contributed by atoms with E-state index in [4.69, 9.17) is 11.6 Å². The quantitative estimate of drug-likeness (QED) is 0.780. The van der Waals surface area contributed by atoms with Crippen LogP contribution in [-0.2, 0) is 5.54 Å². The van der Waals surface area contributed by atoms with Gasteiger partial charge in [0.15, 0.2) is 0 Å². The largest absolute Gasteiger partial charge is 0.305 e. The van der Waals surface area contributed by atoms with Crippen LogP contribution in [0.4, 0.5) is 0 Å². The number of hydrogen-bond donors (Lipinski definition) is 0. The third kappa shape index (κ3) is 3.71. The Morgan fingerprint density at radius 1 is 1.11 bits per heavy atom. The van der Waals surface area contributed by atoms with Crippen molar-refractivity contribution in [1.82, 2.24) is 9.80 Å². The molecule has 1 aromatic rings. The van der Waals surface area contributed by atoms with Gasteiger partial charge in [0.05, 0.1) is 0 Å². The molecule has 0 saturated carbocycles. The predicted octanol–water partition coefficient (Wildman–Crippen LogP) is 3.46. The van der Waals surface area contributed by atoms with E-state index in [-0.39, 0.29) is 5.54 Å². The lowest BCUT2D eigenvalue weighted by molar-refractivity contribution is 0.139. The minimum Gasteiger partial charge on any atom is -0.305 e. The van der Waals surface area contributed by atoms with Gasteiger partial charge < -0.3 is 4.90 Å². The van der Waals surface area contributed by atoms with Crippen molar-refractivity contribution >= 4 is 11.6 Å². The van der Waals surface area contributed by atoms with Gasteiger partial charge in [-0.2, -0.15) is 0 Å². The second kappa shape index (κ2) is 6.55. The molecule has 1 aromatic carbocycles. The molecule has 0 heterocycles. The molecule has 0 amide bonds. The summed E-state index contributed by atoms with van der Waals surface area (Å²) < 4.78 is 0. The number of likely N-dealkylation sites (N-methyl/N-ethyl adjacent to an activating group) is 2. The Morgan fingerprint density at radius 2 is 1.72 bits per heavy atom. The number of nitrogens with zero attached hydrogens (tertiary/aromatic N) is 2. The van der Waals surface area contributed by atoms with Crippen LogP contribution in [0.2, 0.25) is 5.02 Å². The maximum atomic E-state index is 6.31. The Morgan fingerprint density at radius 3 is 2.28 bits per heavy atom. The van der Waals surface area contributed by atoms with Crippen LogP contribution in [0, 0.1) is 0 Å². The first-order valence-corrected chi connectivity index (χ1v) is 6.92. The van der Waals surface area contributed by atoms with Gasteiger partial charge in [0.25, 0.3) is 0 Å². The van der Waals surface area contributed by atoms with E-state index in [1.807, 2.05) is 12.1 Å². The van der Waals surface area contributed by atoms with Gasteiger partial charge in [0, 0.05) is 23.7 Å². The third-order valence-electron chi connectivity index (χ3n) is 3.84. The van der Waals surface area contributed by atoms with Crippen molar-refractivity contribution in [3.05, 3.63) is 34.9 Å². The Hall–Kier alpha value is -0.570. The highest BCUT2D eigenvalue weighted by Crippen LogP contribution is 2.31. The van der Waals surface area contributed by atoms with Gasteiger partial charge in [-0.3, -0.25) is 4.90 Å². The molecule has 2 nitrogen and oxygen atoms in total. The fourth-order valence-electron chi connectivity index (χ4n) is 1.92. The highest BCUT2D eigenvalue weighted by molar-refractivity contribution is 6.31. The van der Waals surface area contributed by atoms with Crippen molar-refractivity contribution in [2.24, 2.45) is 0 Å². The molecule has 18 heavy (non-hydrogen) atoms. The molecule has 3 heteroatoms. The van der Waals surface area contributed by atoms with Gasteiger partial charge in [-0.05, 0) is 46.1 Å². The van der Waals surface area contributed by atoms with Gasteiger partial charge in [0.1, 0.15) is 0 Å². The fraction of sp³-hybridized carbons (Fsp3) is 0.600. The first-order valence-electron chi connectivity index (χ1n) is 6.54. The zero-order valence-corrected chi connectivity index (χ0v) is 13.0. The van der Waals surface area contributed by atoms with E-state index in [0.29, 0.717) is 0 Å². The van der Waals surface area contributed by atoms with Crippen LogP contribution in [0.5, 0.6) is 0 Å². The van der Waals surface area contributed by atoms with Crippen LogP contribution in [0.1, 0.15) is 26.3 Å². The zero-order valence-electron chi connectivity index (χ0n) is 12.2. The number of rotatable bonds is 6. The first-order chi connectivity index (χ1) is 8.39. The molecular weight excluding hydrogens is 244 g/mol. The van der Waals surface area contributed by atoms with E-state index in [9.17, 15) is 0 Å². The van der Waals surface area contributed by atoms with E-state index in [0.717, 1.165) is 24.7 Å². The summed E-state index contributed by atoms with van der Waals surface area (Å²) in [7, 11) is 4.31. The van der Waals surface area contributed by atoms with Crippen molar-refractivity contribution in [3.8, 4) is 0 Å². The van der Waals surface area contributed by atoms with Crippen LogP contribution in [0.15, 0.2) is 24.3 Å². The summed E-state index contributed by atoms with van der Waals surface area (Å²) in [6, 6.07) is 8.11. The molecule has 102 valence electrons. The topological polar surface area (TPSA) is 6.48 Å². The van der Waals surface area contributed by atoms with Crippen molar-refractivity contribution in [3.63, 3.8) is 0 Å². The molecular formula is C15H25ClN2. The molecule has 0 radical (unpaired) electrons. The van der Waals surface area contributed by atoms with Gasteiger partial charge >= 0.3 is 0 Å². The van der Waals surface area contributed by atoms with E-state index >= 15 is 0 Å². The second-order valence-corrected chi connectivity index (χ2v) is 5.76. The minimum atomic E-state index is -0.0487. The molecule has 0 saturated heterocycles. The molecule has 0 aliphatic rings. The summed E-state index contributed by atoms with van der Waals surface area (Å²) in [4.78, 5) is 4.68. The molecule has 0 spiro atoms. The summed E-state index contributed by atoms with van der Waals surface area (Å²) in [5.74, 6) is 0. The minimum absolute atomic E-state index is 0.0487. The number of hydrogen-bond acceptors (Lipinski definition) is 2. The monoisotopic (exact) mass is 268 g/mol. The standard InChI is InChI=1S/C15H25ClN2/c1-6-17(4)11-12-18(5)15(2,3)13-9-7-8-10-14(13)16/h7-10H,6,11-12H2,1-5H3. The predicted molar refractivity (Wildman–Crippen MR) is 80.3 cm³/mol. The summed E-state index contributed by atoms with van der Waals surface area (Å²) in [6.45, 7) is 9.81.